The van der Waals surface area contributed by atoms with Crippen molar-refractivity contribution < 1.29 is 4.84 Å². The Morgan fingerprint density at radius 2 is 2.00 bits per heavy atom. The van der Waals surface area contributed by atoms with Gasteiger partial charge in [-0.05, 0) is 25.9 Å². The maximum absolute atomic E-state index is 4.80. The van der Waals surface area contributed by atoms with Crippen LogP contribution in [0.15, 0.2) is 0 Å². The first-order valence-electron chi connectivity index (χ1n) is 3.42. The van der Waals surface area contributed by atoms with Crippen molar-refractivity contribution in [2.45, 2.75) is 26.3 Å². The Morgan fingerprint density at radius 3 is 2.50 bits per heavy atom. The van der Waals surface area contributed by atoms with Crippen LogP contribution < -0.4 is 10.8 Å². The van der Waals surface area contributed by atoms with Gasteiger partial charge in [-0.2, -0.15) is 5.48 Å². The fourth-order valence-corrected chi connectivity index (χ4v) is 1.11. The minimum Gasteiger partial charge on any atom is -0.317 e. The molecule has 0 amide bonds. The highest BCUT2D eigenvalue weighted by molar-refractivity contribution is 4.70. The van der Waals surface area contributed by atoms with Gasteiger partial charge in [-0.3, -0.25) is 0 Å². The predicted octanol–water partition coefficient (Wildman–Crippen LogP) is 0.526. The van der Waals surface area contributed by atoms with Crippen LogP contribution in [0.25, 0.3) is 0 Å². The Morgan fingerprint density at radius 1 is 1.40 bits per heavy atom. The molecule has 3 heteroatoms. The van der Waals surface area contributed by atoms with Crippen LogP contribution in [0.4, 0.5) is 0 Å². The Bertz CT molecular complexity index is 69.3. The summed E-state index contributed by atoms with van der Waals surface area (Å²) >= 11 is 0. The molecule has 1 fully saturated rings. The standard InChI is InChI=1S/C6H14N2O.CH4/c1-9-8-6-2-4-7-5-3-6;/h6-8H,2-5H2,1H3;1H4. The smallest absolute Gasteiger partial charge is 0.0572 e. The van der Waals surface area contributed by atoms with Crippen molar-refractivity contribution in [1.82, 2.24) is 10.8 Å². The van der Waals surface area contributed by atoms with E-state index in [2.05, 4.69) is 10.8 Å². The molecule has 0 spiro atoms. The second-order valence-corrected chi connectivity index (χ2v) is 2.35. The maximum atomic E-state index is 4.80. The Balaban J connectivity index is 0.000000810. The van der Waals surface area contributed by atoms with Gasteiger partial charge < -0.3 is 10.2 Å². The molecule has 0 saturated carbocycles. The van der Waals surface area contributed by atoms with Crippen molar-refractivity contribution in [3.05, 3.63) is 0 Å². The van der Waals surface area contributed by atoms with Gasteiger partial charge in [0.1, 0.15) is 0 Å². The minimum atomic E-state index is 0. The molecule has 1 saturated heterocycles. The van der Waals surface area contributed by atoms with E-state index in [4.69, 9.17) is 4.84 Å². The number of hydrogen-bond acceptors (Lipinski definition) is 3. The Kier molecular flexibility index (Phi) is 5.58. The molecule has 0 aromatic carbocycles. The summed E-state index contributed by atoms with van der Waals surface area (Å²) in [6.45, 7) is 2.22. The number of piperidine rings is 1. The highest BCUT2D eigenvalue weighted by atomic mass is 16.6. The predicted molar refractivity (Wildman–Crippen MR) is 42.8 cm³/mol. The molecule has 0 bridgehead atoms. The van der Waals surface area contributed by atoms with Gasteiger partial charge in [0.2, 0.25) is 0 Å². The van der Waals surface area contributed by atoms with E-state index in [1.807, 2.05) is 0 Å². The first kappa shape index (κ1) is 9.88. The first-order valence-corrected chi connectivity index (χ1v) is 3.42. The van der Waals surface area contributed by atoms with Crippen LogP contribution >= 0.6 is 0 Å². The zero-order valence-corrected chi connectivity index (χ0v) is 5.81. The molecule has 0 aliphatic carbocycles. The number of hydrogen-bond donors (Lipinski definition) is 2. The summed E-state index contributed by atoms with van der Waals surface area (Å²) in [7, 11) is 1.67. The van der Waals surface area contributed by atoms with Gasteiger partial charge in [0.15, 0.2) is 0 Å². The van der Waals surface area contributed by atoms with Gasteiger partial charge >= 0.3 is 0 Å². The molecule has 1 aliphatic heterocycles. The third-order valence-electron chi connectivity index (χ3n) is 1.62. The van der Waals surface area contributed by atoms with Crippen molar-refractivity contribution >= 4 is 0 Å². The molecule has 3 nitrogen and oxygen atoms in total. The molecular formula is C7H18N2O. The van der Waals surface area contributed by atoms with E-state index < -0.39 is 0 Å². The van der Waals surface area contributed by atoms with E-state index in [1.165, 1.54) is 12.8 Å². The van der Waals surface area contributed by atoms with Crippen molar-refractivity contribution in [3.63, 3.8) is 0 Å². The van der Waals surface area contributed by atoms with Gasteiger partial charge in [-0.25, -0.2) is 0 Å². The molecule has 0 unspecified atom stereocenters. The molecule has 10 heavy (non-hydrogen) atoms. The normalized spacial score (nSPS) is 20.1. The van der Waals surface area contributed by atoms with E-state index in [0.29, 0.717) is 6.04 Å². The fourth-order valence-electron chi connectivity index (χ4n) is 1.11. The monoisotopic (exact) mass is 146 g/mol. The fraction of sp³-hybridized carbons (Fsp3) is 1.00. The molecule has 0 aromatic rings. The molecule has 1 rings (SSSR count). The summed E-state index contributed by atoms with van der Waals surface area (Å²) in [5.41, 5.74) is 2.94. The van der Waals surface area contributed by atoms with Crippen LogP contribution in [0.5, 0.6) is 0 Å². The van der Waals surface area contributed by atoms with Crippen LogP contribution in [0.1, 0.15) is 20.3 Å². The lowest BCUT2D eigenvalue weighted by Crippen LogP contribution is -2.39. The molecular weight excluding hydrogens is 128 g/mol. The Labute approximate surface area is 63.1 Å². The number of nitrogens with one attached hydrogen (secondary N) is 2. The van der Waals surface area contributed by atoms with E-state index >= 15 is 0 Å². The maximum Gasteiger partial charge on any atom is 0.0572 e. The lowest BCUT2D eigenvalue weighted by Gasteiger charge is -2.21. The van der Waals surface area contributed by atoms with E-state index in [-0.39, 0.29) is 7.43 Å². The first-order chi connectivity index (χ1) is 4.43. The molecule has 0 radical (unpaired) electrons. The summed E-state index contributed by atoms with van der Waals surface area (Å²) in [4.78, 5) is 4.80. The van der Waals surface area contributed by atoms with Crippen molar-refractivity contribution in [3.8, 4) is 0 Å². The van der Waals surface area contributed by atoms with E-state index in [1.54, 1.807) is 7.11 Å². The van der Waals surface area contributed by atoms with Crippen LogP contribution in [0.3, 0.4) is 0 Å². The second-order valence-electron chi connectivity index (χ2n) is 2.35. The summed E-state index contributed by atoms with van der Waals surface area (Å²) in [6, 6.07) is 0.566. The van der Waals surface area contributed by atoms with Gasteiger partial charge in [0.05, 0.1) is 7.11 Å². The largest absolute Gasteiger partial charge is 0.317 e. The third kappa shape index (κ3) is 3.15. The molecule has 2 N–H and O–H groups in total. The summed E-state index contributed by atoms with van der Waals surface area (Å²) in [6.07, 6.45) is 2.35. The molecule has 1 aliphatic rings. The molecule has 1 heterocycles. The topological polar surface area (TPSA) is 33.3 Å². The van der Waals surface area contributed by atoms with Crippen LogP contribution in [0.2, 0.25) is 0 Å². The summed E-state index contributed by atoms with van der Waals surface area (Å²) in [5, 5.41) is 3.28. The van der Waals surface area contributed by atoms with Crippen LogP contribution in [-0.4, -0.2) is 26.2 Å². The van der Waals surface area contributed by atoms with Gasteiger partial charge in [0.25, 0.3) is 0 Å². The highest BCUT2D eigenvalue weighted by Gasteiger charge is 2.10. The minimum absolute atomic E-state index is 0. The van der Waals surface area contributed by atoms with E-state index in [9.17, 15) is 0 Å². The Hall–Kier alpha value is -0.120. The van der Waals surface area contributed by atoms with Crippen molar-refractivity contribution in [2.24, 2.45) is 0 Å². The van der Waals surface area contributed by atoms with Gasteiger partial charge in [0, 0.05) is 6.04 Å². The summed E-state index contributed by atoms with van der Waals surface area (Å²) in [5.74, 6) is 0. The number of rotatable bonds is 2. The lowest BCUT2D eigenvalue weighted by molar-refractivity contribution is 0.0512. The zero-order chi connectivity index (χ0) is 6.53. The zero-order valence-electron chi connectivity index (χ0n) is 5.81. The summed E-state index contributed by atoms with van der Waals surface area (Å²) < 4.78 is 0. The average molecular weight is 146 g/mol. The van der Waals surface area contributed by atoms with Gasteiger partial charge in [-0.15, -0.1) is 0 Å². The van der Waals surface area contributed by atoms with Crippen molar-refractivity contribution in [2.75, 3.05) is 20.2 Å². The lowest BCUT2D eigenvalue weighted by atomic mass is 10.1. The van der Waals surface area contributed by atoms with Gasteiger partial charge in [-0.1, -0.05) is 7.43 Å². The van der Waals surface area contributed by atoms with Crippen LogP contribution in [0, 0.1) is 0 Å². The molecule has 62 valence electrons. The second kappa shape index (κ2) is 5.65. The quantitative estimate of drug-likeness (QED) is 0.557. The van der Waals surface area contributed by atoms with Crippen LogP contribution in [-0.2, 0) is 4.84 Å². The van der Waals surface area contributed by atoms with Crippen molar-refractivity contribution in [1.29, 1.82) is 0 Å². The molecule has 0 atom stereocenters. The third-order valence-corrected chi connectivity index (χ3v) is 1.62. The van der Waals surface area contributed by atoms with E-state index in [0.717, 1.165) is 13.1 Å². The number of hydroxylamine groups is 1. The molecule has 0 aromatic heterocycles. The highest BCUT2D eigenvalue weighted by Crippen LogP contribution is 2.00. The SMILES string of the molecule is C.CONC1CCNCC1. The average Bonchev–Trinajstić information content (AvgIpc) is 1.91.